The third-order valence-electron chi connectivity index (χ3n) is 3.77. The molecule has 0 aliphatic rings. The minimum Gasteiger partial charge on any atom is -0.493 e. The molecule has 0 unspecified atom stereocenters. The van der Waals surface area contributed by atoms with E-state index >= 15 is 0 Å². The molecule has 3 rings (SSSR count). The highest BCUT2D eigenvalue weighted by Gasteiger charge is 2.33. The summed E-state index contributed by atoms with van der Waals surface area (Å²) in [6.07, 6.45) is -4.70. The van der Waals surface area contributed by atoms with Crippen molar-refractivity contribution in [3.63, 3.8) is 0 Å². The van der Waals surface area contributed by atoms with Crippen LogP contribution in [0.2, 0.25) is 0 Å². The molecule has 2 aromatic carbocycles. The second-order valence-electron chi connectivity index (χ2n) is 5.84. The molecule has 0 aliphatic heterocycles. The van der Waals surface area contributed by atoms with Crippen molar-refractivity contribution in [1.82, 2.24) is 10.2 Å². The van der Waals surface area contributed by atoms with Gasteiger partial charge in [0.05, 0.1) is 23.8 Å². The fourth-order valence-electron chi connectivity index (χ4n) is 2.43. The van der Waals surface area contributed by atoms with Crippen LogP contribution in [0.1, 0.15) is 16.2 Å². The number of anilines is 1. The molecule has 156 valence electrons. The molecule has 9 nitrogen and oxygen atoms in total. The first kappa shape index (κ1) is 20.6. The van der Waals surface area contributed by atoms with E-state index < -0.39 is 34.1 Å². The van der Waals surface area contributed by atoms with Crippen LogP contribution in [0.3, 0.4) is 0 Å². The Morgan fingerprint density at radius 2 is 1.87 bits per heavy atom. The lowest BCUT2D eigenvalue weighted by Crippen LogP contribution is -2.12. The van der Waals surface area contributed by atoms with Crippen LogP contribution in [-0.4, -0.2) is 28.1 Å². The van der Waals surface area contributed by atoms with Gasteiger partial charge in [-0.1, -0.05) is 12.1 Å². The number of alkyl halides is 3. The SMILES string of the molecule is COc1ccccc1Oc1cc(NC(=O)c2cc(C(F)(F)F)[nH]n2)cc([N+](=O)[O-])c1. The van der Waals surface area contributed by atoms with Crippen LogP contribution in [0.25, 0.3) is 0 Å². The Bertz CT molecular complexity index is 1100. The first-order chi connectivity index (χ1) is 14.2. The molecule has 1 amide bonds. The van der Waals surface area contributed by atoms with Gasteiger partial charge in [0, 0.05) is 18.2 Å². The summed E-state index contributed by atoms with van der Waals surface area (Å²) in [7, 11) is 1.42. The van der Waals surface area contributed by atoms with E-state index in [0.717, 1.165) is 12.1 Å². The van der Waals surface area contributed by atoms with Gasteiger partial charge >= 0.3 is 6.18 Å². The first-order valence-electron chi connectivity index (χ1n) is 8.21. The van der Waals surface area contributed by atoms with Crippen molar-refractivity contribution in [2.24, 2.45) is 0 Å². The fraction of sp³-hybridized carbons (Fsp3) is 0.111. The van der Waals surface area contributed by atoms with Gasteiger partial charge in [0.25, 0.3) is 11.6 Å². The van der Waals surface area contributed by atoms with Gasteiger partial charge in [-0.15, -0.1) is 0 Å². The third kappa shape index (κ3) is 4.66. The lowest BCUT2D eigenvalue weighted by Gasteiger charge is -2.11. The highest BCUT2D eigenvalue weighted by molar-refractivity contribution is 6.03. The molecular formula is C18H13F3N4O5. The maximum absolute atomic E-state index is 12.7. The Labute approximate surface area is 166 Å². The van der Waals surface area contributed by atoms with E-state index in [4.69, 9.17) is 9.47 Å². The van der Waals surface area contributed by atoms with E-state index in [-0.39, 0.29) is 17.2 Å². The number of H-pyrrole nitrogens is 1. The average Bonchev–Trinajstić information content (AvgIpc) is 3.19. The summed E-state index contributed by atoms with van der Waals surface area (Å²) in [4.78, 5) is 22.7. The number of nitro benzene ring substituents is 1. The lowest BCUT2D eigenvalue weighted by atomic mass is 10.2. The third-order valence-corrected chi connectivity index (χ3v) is 3.77. The molecule has 0 atom stereocenters. The predicted molar refractivity (Wildman–Crippen MR) is 97.7 cm³/mol. The summed E-state index contributed by atoms with van der Waals surface area (Å²) >= 11 is 0. The number of aromatic amines is 1. The van der Waals surface area contributed by atoms with Crippen LogP contribution >= 0.6 is 0 Å². The van der Waals surface area contributed by atoms with Gasteiger partial charge in [-0.3, -0.25) is 20.0 Å². The van der Waals surface area contributed by atoms with Crippen LogP contribution < -0.4 is 14.8 Å². The molecule has 3 aromatic rings. The normalized spacial score (nSPS) is 11.1. The number of carbonyl (C=O) groups is 1. The highest BCUT2D eigenvalue weighted by Crippen LogP contribution is 2.34. The van der Waals surface area contributed by atoms with E-state index in [1.54, 1.807) is 29.4 Å². The van der Waals surface area contributed by atoms with E-state index in [1.807, 2.05) is 0 Å². The van der Waals surface area contributed by atoms with Gasteiger partial charge in [0.15, 0.2) is 17.2 Å². The van der Waals surface area contributed by atoms with Gasteiger partial charge in [-0.2, -0.15) is 18.3 Å². The number of rotatable bonds is 6. The largest absolute Gasteiger partial charge is 0.493 e. The van der Waals surface area contributed by atoms with Crippen molar-refractivity contribution in [1.29, 1.82) is 0 Å². The van der Waals surface area contributed by atoms with Crippen LogP contribution in [-0.2, 0) is 6.18 Å². The first-order valence-corrected chi connectivity index (χ1v) is 8.21. The summed E-state index contributed by atoms with van der Waals surface area (Å²) in [5.41, 5.74) is -2.22. The summed E-state index contributed by atoms with van der Waals surface area (Å²) in [6, 6.07) is 10.5. The number of amides is 1. The zero-order valence-electron chi connectivity index (χ0n) is 15.2. The zero-order valence-corrected chi connectivity index (χ0v) is 15.2. The monoisotopic (exact) mass is 422 g/mol. The van der Waals surface area contributed by atoms with Gasteiger partial charge in [-0.05, 0) is 12.1 Å². The number of non-ortho nitro benzene ring substituents is 1. The molecule has 0 saturated carbocycles. The van der Waals surface area contributed by atoms with E-state index in [1.165, 1.54) is 13.2 Å². The Balaban J connectivity index is 1.88. The van der Waals surface area contributed by atoms with Crippen molar-refractivity contribution < 1.29 is 32.4 Å². The second kappa shape index (κ2) is 8.11. The van der Waals surface area contributed by atoms with E-state index in [9.17, 15) is 28.1 Å². The summed E-state index contributed by atoms with van der Waals surface area (Å²) in [6.45, 7) is 0. The van der Waals surface area contributed by atoms with Crippen LogP contribution in [0.5, 0.6) is 17.2 Å². The average molecular weight is 422 g/mol. The number of para-hydroxylation sites is 2. The fourth-order valence-corrected chi connectivity index (χ4v) is 2.43. The maximum atomic E-state index is 12.7. The van der Waals surface area contributed by atoms with Crippen LogP contribution in [0.15, 0.2) is 48.5 Å². The van der Waals surface area contributed by atoms with Crippen molar-refractivity contribution in [2.45, 2.75) is 6.18 Å². The number of carbonyl (C=O) groups excluding carboxylic acids is 1. The Morgan fingerprint density at radius 3 is 2.47 bits per heavy atom. The number of nitrogens with zero attached hydrogens (tertiary/aromatic N) is 2. The smallest absolute Gasteiger partial charge is 0.432 e. The topological polar surface area (TPSA) is 119 Å². The molecule has 12 heteroatoms. The number of benzene rings is 2. The molecular weight excluding hydrogens is 409 g/mol. The van der Waals surface area contributed by atoms with Crippen molar-refractivity contribution in [2.75, 3.05) is 12.4 Å². The summed E-state index contributed by atoms with van der Waals surface area (Å²) < 4.78 is 48.7. The molecule has 1 heterocycles. The number of nitro groups is 1. The van der Waals surface area contributed by atoms with Crippen LogP contribution in [0.4, 0.5) is 24.5 Å². The quantitative estimate of drug-likeness (QED) is 0.449. The molecule has 1 aromatic heterocycles. The predicted octanol–water partition coefficient (Wildman–Crippen LogP) is 4.39. The van der Waals surface area contributed by atoms with Crippen LogP contribution in [0, 0.1) is 10.1 Å². The number of halogens is 3. The Kier molecular flexibility index (Phi) is 5.58. The maximum Gasteiger partial charge on any atom is 0.432 e. The van der Waals surface area contributed by atoms with E-state index in [2.05, 4.69) is 10.4 Å². The van der Waals surface area contributed by atoms with Crippen molar-refractivity contribution >= 4 is 17.3 Å². The molecule has 30 heavy (non-hydrogen) atoms. The number of hydrogen-bond acceptors (Lipinski definition) is 6. The molecule has 0 radical (unpaired) electrons. The summed E-state index contributed by atoms with van der Waals surface area (Å²) in [5.74, 6) is -0.363. The highest BCUT2D eigenvalue weighted by atomic mass is 19.4. The number of methoxy groups -OCH3 is 1. The molecule has 0 bridgehead atoms. The number of aromatic nitrogens is 2. The van der Waals surface area contributed by atoms with Crippen molar-refractivity contribution in [3.8, 4) is 17.2 Å². The van der Waals surface area contributed by atoms with Crippen molar-refractivity contribution in [3.05, 3.63) is 70.0 Å². The lowest BCUT2D eigenvalue weighted by molar-refractivity contribution is -0.384. The van der Waals surface area contributed by atoms with Gasteiger partial charge in [0.2, 0.25) is 0 Å². The van der Waals surface area contributed by atoms with Gasteiger partial charge in [0.1, 0.15) is 11.4 Å². The minimum atomic E-state index is -4.70. The number of ether oxygens (including phenoxy) is 2. The molecule has 0 fully saturated rings. The molecule has 0 saturated heterocycles. The zero-order chi connectivity index (χ0) is 21.9. The Hall–Kier alpha value is -4.09. The molecule has 2 N–H and O–H groups in total. The standard InChI is InChI=1S/C18H13F3N4O5/c1-29-14-4-2-3-5-15(14)30-12-7-10(6-11(8-12)25(27)28)22-17(26)13-9-16(24-23-13)18(19,20)21/h2-9H,1H3,(H,22,26)(H,23,24). The van der Waals surface area contributed by atoms with Gasteiger partial charge < -0.3 is 14.8 Å². The second-order valence-corrected chi connectivity index (χ2v) is 5.84. The Morgan fingerprint density at radius 1 is 1.17 bits per heavy atom. The number of hydrogen-bond donors (Lipinski definition) is 2. The minimum absolute atomic E-state index is 0.00186. The molecule has 0 aliphatic carbocycles. The van der Waals surface area contributed by atoms with Gasteiger partial charge in [-0.25, -0.2) is 0 Å². The number of nitrogens with one attached hydrogen (secondary N) is 2. The molecule has 0 spiro atoms. The van der Waals surface area contributed by atoms with E-state index in [0.29, 0.717) is 11.8 Å². The summed E-state index contributed by atoms with van der Waals surface area (Å²) in [5, 5.41) is 18.5.